The average molecular weight is 435 g/mol. The number of aryl methyl sites for hydroxylation is 1. The maximum absolute atomic E-state index is 12.6. The zero-order valence-electron chi connectivity index (χ0n) is 16.3. The van der Waals surface area contributed by atoms with E-state index in [1.54, 1.807) is 31.4 Å². The summed E-state index contributed by atoms with van der Waals surface area (Å²) in [4.78, 5) is 37.2. The van der Waals surface area contributed by atoms with Crippen molar-refractivity contribution >= 4 is 46.6 Å². The number of amides is 2. The van der Waals surface area contributed by atoms with Gasteiger partial charge in [0.25, 0.3) is 11.1 Å². The lowest BCUT2D eigenvalue weighted by molar-refractivity contribution is -0.143. The second-order valence-electron chi connectivity index (χ2n) is 6.32. The number of rotatable bonds is 5. The highest BCUT2D eigenvalue weighted by Crippen LogP contribution is 2.35. The van der Waals surface area contributed by atoms with Gasteiger partial charge in [0.1, 0.15) is 12.3 Å². The van der Waals surface area contributed by atoms with Gasteiger partial charge in [-0.2, -0.15) is 0 Å². The summed E-state index contributed by atoms with van der Waals surface area (Å²) >= 11 is 6.96. The molecule has 9 heteroatoms. The zero-order chi connectivity index (χ0) is 21.3. The van der Waals surface area contributed by atoms with Gasteiger partial charge < -0.3 is 14.0 Å². The summed E-state index contributed by atoms with van der Waals surface area (Å²) in [6.07, 6.45) is 1.65. The van der Waals surface area contributed by atoms with Crippen molar-refractivity contribution in [2.75, 3.05) is 20.8 Å². The molecule has 1 fully saturated rings. The molecule has 0 atom stereocenters. The van der Waals surface area contributed by atoms with Gasteiger partial charge >= 0.3 is 5.97 Å². The molecule has 3 rings (SSSR count). The number of methoxy groups -OCH3 is 2. The molecule has 1 aliphatic rings. The second kappa shape index (κ2) is 8.34. The molecule has 0 aliphatic carbocycles. The Kier molecular flexibility index (Phi) is 6.04. The van der Waals surface area contributed by atoms with Crippen LogP contribution in [0, 0.1) is 13.8 Å². The number of thioether (sulfide) groups is 1. The van der Waals surface area contributed by atoms with Crippen LogP contribution in [0.2, 0.25) is 5.02 Å². The third kappa shape index (κ3) is 4.04. The summed E-state index contributed by atoms with van der Waals surface area (Å²) in [6, 6.07) is 7.24. The lowest BCUT2D eigenvalue weighted by atomic mass is 10.2. The van der Waals surface area contributed by atoms with E-state index < -0.39 is 23.7 Å². The highest BCUT2D eigenvalue weighted by molar-refractivity contribution is 8.18. The van der Waals surface area contributed by atoms with Gasteiger partial charge in [0.05, 0.1) is 24.8 Å². The molecule has 0 saturated carbocycles. The number of carbonyl (C=O) groups excluding carboxylic acids is 3. The van der Waals surface area contributed by atoms with Crippen molar-refractivity contribution in [3.8, 4) is 11.4 Å². The molecule has 0 spiro atoms. The molecule has 0 bridgehead atoms. The van der Waals surface area contributed by atoms with E-state index in [1.807, 2.05) is 24.5 Å². The first-order valence-corrected chi connectivity index (χ1v) is 9.81. The van der Waals surface area contributed by atoms with Gasteiger partial charge in [0, 0.05) is 16.4 Å². The highest BCUT2D eigenvalue weighted by Gasteiger charge is 2.36. The molecule has 1 saturated heterocycles. The van der Waals surface area contributed by atoms with Gasteiger partial charge in [-0.15, -0.1) is 0 Å². The lowest BCUT2D eigenvalue weighted by Gasteiger charge is -2.14. The number of esters is 1. The van der Waals surface area contributed by atoms with E-state index in [2.05, 4.69) is 4.74 Å². The fraction of sp³-hybridized carbons (Fsp3) is 0.250. The van der Waals surface area contributed by atoms with Gasteiger partial charge in [0.2, 0.25) is 0 Å². The first-order valence-electron chi connectivity index (χ1n) is 8.61. The topological polar surface area (TPSA) is 77.8 Å². The molecular weight excluding hydrogens is 416 g/mol. The quantitative estimate of drug-likeness (QED) is 0.523. The zero-order valence-corrected chi connectivity index (χ0v) is 17.9. The normalized spacial score (nSPS) is 15.3. The molecule has 1 aliphatic heterocycles. The van der Waals surface area contributed by atoms with Crippen molar-refractivity contribution in [3.63, 3.8) is 0 Å². The van der Waals surface area contributed by atoms with Crippen molar-refractivity contribution < 1.29 is 23.9 Å². The van der Waals surface area contributed by atoms with Gasteiger partial charge in [0.15, 0.2) is 0 Å². The van der Waals surface area contributed by atoms with Gasteiger partial charge in [-0.25, -0.2) is 0 Å². The highest BCUT2D eigenvalue weighted by atomic mass is 35.5. The third-order valence-electron chi connectivity index (χ3n) is 4.53. The number of halogens is 1. The van der Waals surface area contributed by atoms with Crippen LogP contribution < -0.4 is 4.74 Å². The molecule has 152 valence electrons. The smallest absolute Gasteiger partial charge is 0.325 e. The average Bonchev–Trinajstić information content (AvgIpc) is 3.11. The molecule has 2 amide bonds. The number of carbonyl (C=O) groups is 3. The van der Waals surface area contributed by atoms with E-state index in [1.165, 1.54) is 7.11 Å². The van der Waals surface area contributed by atoms with Gasteiger partial charge in [-0.3, -0.25) is 19.3 Å². The Balaban J connectivity index is 2.00. The molecule has 0 radical (unpaired) electrons. The number of hydrogen-bond acceptors (Lipinski definition) is 6. The minimum atomic E-state index is -0.653. The molecule has 7 nitrogen and oxygen atoms in total. The molecule has 0 unspecified atom stereocenters. The van der Waals surface area contributed by atoms with Crippen LogP contribution in [0.15, 0.2) is 29.2 Å². The van der Waals surface area contributed by atoms with Gasteiger partial charge in [-0.1, -0.05) is 11.6 Å². The predicted octanol–water partition coefficient (Wildman–Crippen LogP) is 3.97. The van der Waals surface area contributed by atoms with Crippen LogP contribution in [0.25, 0.3) is 11.8 Å². The van der Waals surface area contributed by atoms with Crippen molar-refractivity contribution in [2.45, 2.75) is 13.8 Å². The van der Waals surface area contributed by atoms with Gasteiger partial charge in [-0.05, 0) is 61.5 Å². The first kappa shape index (κ1) is 21.0. The Hall–Kier alpha value is -2.71. The Labute approximate surface area is 177 Å². The summed E-state index contributed by atoms with van der Waals surface area (Å²) in [5.41, 5.74) is 3.30. The van der Waals surface area contributed by atoms with Crippen LogP contribution in [0.5, 0.6) is 5.75 Å². The van der Waals surface area contributed by atoms with Crippen molar-refractivity contribution in [1.29, 1.82) is 0 Å². The lowest BCUT2D eigenvalue weighted by Crippen LogP contribution is -2.34. The first-order chi connectivity index (χ1) is 13.8. The summed E-state index contributed by atoms with van der Waals surface area (Å²) in [7, 11) is 2.79. The van der Waals surface area contributed by atoms with Crippen LogP contribution in [0.3, 0.4) is 0 Å². The Morgan fingerprint density at radius 1 is 1.21 bits per heavy atom. The number of hydrogen-bond donors (Lipinski definition) is 0. The van der Waals surface area contributed by atoms with Crippen molar-refractivity contribution in [1.82, 2.24) is 9.47 Å². The van der Waals surface area contributed by atoms with E-state index in [4.69, 9.17) is 16.3 Å². The monoisotopic (exact) mass is 434 g/mol. The number of imide groups is 1. The summed E-state index contributed by atoms with van der Waals surface area (Å²) in [5.74, 6) is -0.517. The largest absolute Gasteiger partial charge is 0.495 e. The Morgan fingerprint density at radius 3 is 2.59 bits per heavy atom. The maximum atomic E-state index is 12.6. The van der Waals surface area contributed by atoms with E-state index in [-0.39, 0.29) is 4.91 Å². The molecule has 0 N–H and O–H groups in total. The minimum Gasteiger partial charge on any atom is -0.495 e. The van der Waals surface area contributed by atoms with E-state index >= 15 is 0 Å². The minimum absolute atomic E-state index is 0.247. The molecule has 1 aromatic heterocycles. The van der Waals surface area contributed by atoms with Crippen LogP contribution >= 0.6 is 23.4 Å². The molecule has 1 aromatic carbocycles. The fourth-order valence-electron chi connectivity index (χ4n) is 3.11. The van der Waals surface area contributed by atoms with Crippen LogP contribution in [0.1, 0.15) is 17.0 Å². The van der Waals surface area contributed by atoms with E-state index in [0.717, 1.165) is 39.3 Å². The fourth-order valence-corrected chi connectivity index (χ4v) is 4.11. The standard InChI is InChI=1S/C20H19ClN2O5S/c1-11-7-13(8-17-19(25)22(20(26)29-17)10-18(24)28-4)12(2)23(11)15-9-14(21)5-6-16(15)27-3/h5-9H,10H2,1-4H3/b17-8+. The number of aromatic nitrogens is 1. The maximum Gasteiger partial charge on any atom is 0.325 e. The number of nitrogens with zero attached hydrogens (tertiary/aromatic N) is 2. The summed E-state index contributed by atoms with van der Waals surface area (Å²) < 4.78 is 12.0. The number of benzene rings is 1. The van der Waals surface area contributed by atoms with Crippen molar-refractivity contribution in [3.05, 3.63) is 51.1 Å². The molecule has 2 aromatic rings. The predicted molar refractivity (Wildman–Crippen MR) is 111 cm³/mol. The van der Waals surface area contributed by atoms with Crippen LogP contribution in [-0.2, 0) is 14.3 Å². The summed E-state index contributed by atoms with van der Waals surface area (Å²) in [5, 5.41) is 0.0655. The second-order valence-corrected chi connectivity index (χ2v) is 7.75. The molecule has 2 heterocycles. The van der Waals surface area contributed by atoms with Crippen LogP contribution in [0.4, 0.5) is 4.79 Å². The van der Waals surface area contributed by atoms with E-state index in [9.17, 15) is 14.4 Å². The molecular formula is C20H19ClN2O5S. The molecule has 29 heavy (non-hydrogen) atoms. The SMILES string of the molecule is COC(=O)CN1C(=O)S/C(=C/c2cc(C)n(-c3cc(Cl)ccc3OC)c2C)C1=O. The third-order valence-corrected chi connectivity index (χ3v) is 5.67. The van der Waals surface area contributed by atoms with Crippen LogP contribution in [-0.4, -0.2) is 47.3 Å². The van der Waals surface area contributed by atoms with Crippen molar-refractivity contribution in [2.24, 2.45) is 0 Å². The Bertz CT molecular complexity index is 1040. The Morgan fingerprint density at radius 2 is 1.93 bits per heavy atom. The number of ether oxygens (including phenoxy) is 2. The van der Waals surface area contributed by atoms with E-state index in [0.29, 0.717) is 10.8 Å². The summed E-state index contributed by atoms with van der Waals surface area (Å²) in [6.45, 7) is 3.42.